The van der Waals surface area contributed by atoms with Crippen LogP contribution in [0.2, 0.25) is 5.02 Å². The van der Waals surface area contributed by atoms with Crippen LogP contribution in [0.4, 0.5) is 0 Å². The highest BCUT2D eigenvalue weighted by molar-refractivity contribution is 6.33. The molecule has 130 valence electrons. The summed E-state index contributed by atoms with van der Waals surface area (Å²) in [7, 11) is 0. The molecule has 0 bridgehead atoms. The molecule has 1 saturated heterocycles. The Balaban J connectivity index is 1.75. The zero-order valence-corrected chi connectivity index (χ0v) is 14.9. The van der Waals surface area contributed by atoms with Crippen LogP contribution in [0.1, 0.15) is 23.6 Å². The van der Waals surface area contributed by atoms with Crippen molar-refractivity contribution in [1.29, 1.82) is 0 Å². The maximum Gasteiger partial charge on any atom is 0.224 e. The van der Waals surface area contributed by atoms with Crippen molar-refractivity contribution in [3.63, 3.8) is 0 Å². The van der Waals surface area contributed by atoms with Crippen LogP contribution in [0, 0.1) is 13.8 Å². The van der Waals surface area contributed by atoms with E-state index in [0.717, 1.165) is 27.7 Å². The fourth-order valence-electron chi connectivity index (χ4n) is 3.22. The summed E-state index contributed by atoms with van der Waals surface area (Å²) in [6.07, 6.45) is 1.79. The molecule has 0 saturated carbocycles. The Bertz CT molecular complexity index is 755. The fraction of sp³-hybridized carbons (Fsp3) is 0.500. The molecule has 5 nitrogen and oxygen atoms in total. The number of fused-ring (bicyclic) bond motifs is 1. The quantitative estimate of drug-likeness (QED) is 0.898. The second kappa shape index (κ2) is 7.13. The third-order valence-electron chi connectivity index (χ3n) is 4.40. The minimum Gasteiger partial charge on any atom is -0.464 e. The van der Waals surface area contributed by atoms with Crippen molar-refractivity contribution in [2.45, 2.75) is 39.3 Å². The molecule has 0 unspecified atom stereocenters. The van der Waals surface area contributed by atoms with Gasteiger partial charge in [0.15, 0.2) is 0 Å². The van der Waals surface area contributed by atoms with Crippen LogP contribution in [-0.2, 0) is 20.7 Å². The van der Waals surface area contributed by atoms with Crippen molar-refractivity contribution in [2.75, 3.05) is 19.8 Å². The molecule has 1 amide bonds. The van der Waals surface area contributed by atoms with E-state index in [-0.39, 0.29) is 24.5 Å². The van der Waals surface area contributed by atoms with Crippen LogP contribution in [0.15, 0.2) is 16.7 Å². The van der Waals surface area contributed by atoms with E-state index >= 15 is 0 Å². The minimum atomic E-state index is -0.109. The van der Waals surface area contributed by atoms with Gasteiger partial charge in [0.1, 0.15) is 11.7 Å². The summed E-state index contributed by atoms with van der Waals surface area (Å²) >= 11 is 6.34. The molecule has 0 spiro atoms. The maximum atomic E-state index is 12.4. The van der Waals surface area contributed by atoms with Crippen molar-refractivity contribution in [2.24, 2.45) is 0 Å². The van der Waals surface area contributed by atoms with Gasteiger partial charge in [0.25, 0.3) is 0 Å². The van der Waals surface area contributed by atoms with Crippen molar-refractivity contribution in [3.05, 3.63) is 34.0 Å². The van der Waals surface area contributed by atoms with Gasteiger partial charge in [-0.25, -0.2) is 0 Å². The summed E-state index contributed by atoms with van der Waals surface area (Å²) in [5, 5.41) is 4.63. The zero-order valence-electron chi connectivity index (χ0n) is 14.1. The van der Waals surface area contributed by atoms with E-state index in [1.807, 2.05) is 26.8 Å². The number of carbonyl (C=O) groups excluding carboxylic acids is 1. The molecule has 24 heavy (non-hydrogen) atoms. The number of hydrogen-bond donors (Lipinski definition) is 1. The van der Waals surface area contributed by atoms with Crippen LogP contribution >= 0.6 is 11.6 Å². The maximum absolute atomic E-state index is 12.4. The highest BCUT2D eigenvalue weighted by Crippen LogP contribution is 2.32. The van der Waals surface area contributed by atoms with Crippen LogP contribution in [-0.4, -0.2) is 37.9 Å². The number of furan rings is 1. The average molecular weight is 352 g/mol. The van der Waals surface area contributed by atoms with E-state index in [1.54, 1.807) is 6.26 Å². The molecule has 0 aliphatic carbocycles. The van der Waals surface area contributed by atoms with Crippen molar-refractivity contribution < 1.29 is 18.7 Å². The van der Waals surface area contributed by atoms with Crippen molar-refractivity contribution in [3.8, 4) is 0 Å². The van der Waals surface area contributed by atoms with Gasteiger partial charge in [-0.3, -0.25) is 4.79 Å². The number of nitrogens with one attached hydrogen (secondary N) is 1. The van der Waals surface area contributed by atoms with Gasteiger partial charge in [-0.15, -0.1) is 0 Å². The molecule has 3 rings (SSSR count). The van der Waals surface area contributed by atoms with Gasteiger partial charge in [-0.05, 0) is 38.0 Å². The molecule has 1 N–H and O–H groups in total. The van der Waals surface area contributed by atoms with E-state index in [4.69, 9.17) is 25.5 Å². The molecule has 1 aliphatic rings. The summed E-state index contributed by atoms with van der Waals surface area (Å²) in [6, 6.07) is 1.80. The van der Waals surface area contributed by atoms with Crippen LogP contribution < -0.4 is 5.32 Å². The Morgan fingerprint density at radius 1 is 1.42 bits per heavy atom. The predicted molar refractivity (Wildman–Crippen MR) is 92.6 cm³/mol. The molecule has 1 fully saturated rings. The van der Waals surface area contributed by atoms with Gasteiger partial charge in [0.2, 0.25) is 5.91 Å². The molecular formula is C18H22ClNO4. The second-order valence-electron chi connectivity index (χ2n) is 6.15. The average Bonchev–Trinajstić information content (AvgIpc) is 3.13. The topological polar surface area (TPSA) is 60.7 Å². The molecule has 1 aromatic carbocycles. The number of ether oxygens (including phenoxy) is 2. The highest BCUT2D eigenvalue weighted by Gasteiger charge is 2.30. The Morgan fingerprint density at radius 2 is 2.21 bits per heavy atom. The van der Waals surface area contributed by atoms with Gasteiger partial charge in [0, 0.05) is 22.6 Å². The van der Waals surface area contributed by atoms with Crippen LogP contribution in [0.25, 0.3) is 11.0 Å². The lowest BCUT2D eigenvalue weighted by atomic mass is 10.0. The van der Waals surface area contributed by atoms with Gasteiger partial charge < -0.3 is 19.2 Å². The first kappa shape index (κ1) is 17.3. The number of halogens is 1. The van der Waals surface area contributed by atoms with Gasteiger partial charge in [-0.1, -0.05) is 11.6 Å². The third kappa shape index (κ3) is 3.29. The number of hydrogen-bond acceptors (Lipinski definition) is 4. The number of amides is 1. The molecule has 1 aromatic heterocycles. The van der Waals surface area contributed by atoms with E-state index in [1.165, 1.54) is 0 Å². The molecule has 6 heteroatoms. The Labute approximate surface area is 146 Å². The van der Waals surface area contributed by atoms with Crippen LogP contribution in [0.5, 0.6) is 0 Å². The zero-order chi connectivity index (χ0) is 17.3. The molecule has 2 atom stereocenters. The first-order chi connectivity index (χ1) is 11.5. The monoisotopic (exact) mass is 351 g/mol. The van der Waals surface area contributed by atoms with Crippen molar-refractivity contribution in [1.82, 2.24) is 5.32 Å². The molecular weight excluding hydrogens is 330 g/mol. The normalized spacial score (nSPS) is 20.7. The van der Waals surface area contributed by atoms with Gasteiger partial charge >= 0.3 is 0 Å². The Kier molecular flexibility index (Phi) is 5.13. The summed E-state index contributed by atoms with van der Waals surface area (Å²) in [6.45, 7) is 7.42. The highest BCUT2D eigenvalue weighted by atomic mass is 35.5. The van der Waals surface area contributed by atoms with Gasteiger partial charge in [-0.2, -0.15) is 0 Å². The molecule has 2 aromatic rings. The first-order valence-corrected chi connectivity index (χ1v) is 8.53. The molecule has 0 radical (unpaired) electrons. The van der Waals surface area contributed by atoms with E-state index in [9.17, 15) is 4.79 Å². The third-order valence-corrected chi connectivity index (χ3v) is 4.98. The first-order valence-electron chi connectivity index (χ1n) is 8.15. The Morgan fingerprint density at radius 3 is 2.96 bits per heavy atom. The predicted octanol–water partition coefficient (Wildman–Crippen LogP) is 3.17. The molecule has 1 aliphatic heterocycles. The minimum absolute atomic E-state index is 0.0750. The van der Waals surface area contributed by atoms with Gasteiger partial charge in [0.05, 0.1) is 31.9 Å². The van der Waals surface area contributed by atoms with Crippen molar-refractivity contribution >= 4 is 28.5 Å². The summed E-state index contributed by atoms with van der Waals surface area (Å²) < 4.78 is 16.6. The van der Waals surface area contributed by atoms with E-state index in [2.05, 4.69) is 5.32 Å². The lowest BCUT2D eigenvalue weighted by Crippen LogP contribution is -2.44. The standard InChI is InChI=1S/C18H22ClNO4/c1-4-23-15-9-22-8-13(15)20-16(21)6-12-7-24-14-5-10(2)18(19)11(3)17(12)14/h5,7,13,15H,4,6,8-9H2,1-3H3,(H,20,21)/t13-,15-/m1/s1. The van der Waals surface area contributed by atoms with Crippen LogP contribution in [0.3, 0.4) is 0 Å². The summed E-state index contributed by atoms with van der Waals surface area (Å²) in [4.78, 5) is 12.4. The number of rotatable bonds is 5. The lowest BCUT2D eigenvalue weighted by molar-refractivity contribution is -0.121. The van der Waals surface area contributed by atoms with E-state index < -0.39 is 0 Å². The fourth-order valence-corrected chi connectivity index (χ4v) is 3.37. The van der Waals surface area contributed by atoms with E-state index in [0.29, 0.717) is 24.8 Å². The SMILES string of the molecule is CCO[C@@H]1COC[C@H]1NC(=O)Cc1coc2cc(C)c(Cl)c(C)c12. The summed E-state index contributed by atoms with van der Waals surface area (Å²) in [5.74, 6) is -0.0750. The second-order valence-corrected chi connectivity index (χ2v) is 6.53. The number of aryl methyl sites for hydroxylation is 2. The largest absolute Gasteiger partial charge is 0.464 e. The smallest absolute Gasteiger partial charge is 0.224 e. The Hall–Kier alpha value is -1.56. The number of benzene rings is 1. The summed E-state index contributed by atoms with van der Waals surface area (Å²) in [5.41, 5.74) is 3.51. The molecule has 2 heterocycles. The lowest BCUT2D eigenvalue weighted by Gasteiger charge is -2.18. The number of carbonyl (C=O) groups is 1.